The van der Waals surface area contributed by atoms with Crippen LogP contribution in [0.15, 0.2) is 12.3 Å². The molecule has 1 fully saturated rings. The Morgan fingerprint density at radius 1 is 1.42 bits per heavy atom. The highest BCUT2D eigenvalue weighted by Crippen LogP contribution is 2.22. The van der Waals surface area contributed by atoms with E-state index >= 15 is 0 Å². The maximum atomic E-state index is 12.7. The molecule has 0 saturated carbocycles. The average Bonchev–Trinajstić information content (AvgIpc) is 3.00. The molecule has 7 nitrogen and oxygen atoms in total. The predicted molar refractivity (Wildman–Crippen MR) is 101 cm³/mol. The average molecular weight is 361 g/mol. The van der Waals surface area contributed by atoms with Crippen molar-refractivity contribution in [2.45, 2.75) is 71.1 Å². The maximum absolute atomic E-state index is 12.7. The summed E-state index contributed by atoms with van der Waals surface area (Å²) in [5.41, 5.74) is 2.11. The van der Waals surface area contributed by atoms with Gasteiger partial charge in [-0.1, -0.05) is 18.2 Å². The van der Waals surface area contributed by atoms with Gasteiger partial charge in [-0.15, -0.1) is 5.10 Å². The van der Waals surface area contributed by atoms with Crippen molar-refractivity contribution in [3.05, 3.63) is 18.0 Å². The number of nitrogens with one attached hydrogen (secondary N) is 1. The number of nitrogens with zero attached hydrogens (tertiary/aromatic N) is 4. The summed E-state index contributed by atoms with van der Waals surface area (Å²) >= 11 is 0. The Hall–Kier alpha value is -1.89. The smallest absolute Gasteiger partial charge is 0.317 e. The summed E-state index contributed by atoms with van der Waals surface area (Å²) in [5.74, 6) is 0. The van der Waals surface area contributed by atoms with Crippen molar-refractivity contribution < 1.29 is 9.53 Å². The minimum Gasteiger partial charge on any atom is -0.378 e. The standard InChI is InChI=1S/C19H31N5O2/c1-4-17-12-16(8-11-26-17)20-19(25)23-9-5-6-15(7-10-23)18-13-24(14(2)3)22-21-18/h6,13-14,16-17H,4-5,7-12H2,1-3H3,(H,20,25). The van der Waals surface area contributed by atoms with E-state index in [9.17, 15) is 4.79 Å². The van der Waals surface area contributed by atoms with E-state index in [4.69, 9.17) is 4.74 Å². The van der Waals surface area contributed by atoms with E-state index in [1.165, 1.54) is 5.57 Å². The van der Waals surface area contributed by atoms with Gasteiger partial charge in [0.25, 0.3) is 0 Å². The summed E-state index contributed by atoms with van der Waals surface area (Å²) in [6.45, 7) is 8.50. The molecule has 0 aromatic carbocycles. The fourth-order valence-corrected chi connectivity index (χ4v) is 3.54. The van der Waals surface area contributed by atoms with Crippen LogP contribution in [0.1, 0.15) is 64.6 Å². The van der Waals surface area contributed by atoms with Gasteiger partial charge in [0.2, 0.25) is 0 Å². The lowest BCUT2D eigenvalue weighted by Gasteiger charge is -2.31. The third kappa shape index (κ3) is 4.63. The Labute approximate surface area is 155 Å². The molecule has 0 aliphatic carbocycles. The highest BCUT2D eigenvalue weighted by atomic mass is 16.5. The van der Waals surface area contributed by atoms with Gasteiger partial charge in [-0.3, -0.25) is 0 Å². The second-order valence-electron chi connectivity index (χ2n) is 7.50. The number of carbonyl (C=O) groups is 1. The molecule has 26 heavy (non-hydrogen) atoms. The highest BCUT2D eigenvalue weighted by molar-refractivity contribution is 5.75. The van der Waals surface area contributed by atoms with E-state index in [-0.39, 0.29) is 18.2 Å². The zero-order chi connectivity index (χ0) is 18.5. The largest absolute Gasteiger partial charge is 0.378 e. The van der Waals surface area contributed by atoms with Crippen molar-refractivity contribution in [3.8, 4) is 0 Å². The van der Waals surface area contributed by atoms with Crippen LogP contribution in [0, 0.1) is 0 Å². The van der Waals surface area contributed by atoms with E-state index in [1.807, 2.05) is 15.8 Å². The first-order valence-electron chi connectivity index (χ1n) is 9.85. The number of carbonyl (C=O) groups excluding carboxylic acids is 1. The van der Waals surface area contributed by atoms with E-state index in [0.717, 1.165) is 50.9 Å². The van der Waals surface area contributed by atoms with E-state index in [0.29, 0.717) is 12.6 Å². The molecule has 2 aliphatic rings. The van der Waals surface area contributed by atoms with Crippen molar-refractivity contribution in [3.63, 3.8) is 0 Å². The van der Waals surface area contributed by atoms with Crippen molar-refractivity contribution in [2.75, 3.05) is 19.7 Å². The van der Waals surface area contributed by atoms with Gasteiger partial charge < -0.3 is 15.0 Å². The number of urea groups is 1. The van der Waals surface area contributed by atoms with Crippen molar-refractivity contribution >= 4 is 11.6 Å². The second kappa shape index (κ2) is 8.66. The van der Waals surface area contributed by atoms with E-state index < -0.39 is 0 Å². The molecule has 2 unspecified atom stereocenters. The first kappa shape index (κ1) is 18.9. The Morgan fingerprint density at radius 2 is 2.27 bits per heavy atom. The monoisotopic (exact) mass is 361 g/mol. The molecule has 1 aromatic rings. The minimum absolute atomic E-state index is 0.0484. The molecule has 2 aliphatic heterocycles. The van der Waals surface area contributed by atoms with Gasteiger partial charge in [-0.25, -0.2) is 9.48 Å². The molecular formula is C19H31N5O2. The Balaban J connectivity index is 1.53. The lowest BCUT2D eigenvalue weighted by molar-refractivity contribution is 0.00120. The van der Waals surface area contributed by atoms with Crippen LogP contribution < -0.4 is 5.32 Å². The fourth-order valence-electron chi connectivity index (χ4n) is 3.54. The maximum Gasteiger partial charge on any atom is 0.317 e. The first-order chi connectivity index (χ1) is 12.6. The van der Waals surface area contributed by atoms with Crippen LogP contribution in [-0.4, -0.2) is 57.8 Å². The van der Waals surface area contributed by atoms with Crippen molar-refractivity contribution in [1.29, 1.82) is 0 Å². The molecule has 0 bridgehead atoms. The molecular weight excluding hydrogens is 330 g/mol. The van der Waals surface area contributed by atoms with Gasteiger partial charge in [0.1, 0.15) is 5.69 Å². The number of hydrogen-bond acceptors (Lipinski definition) is 4. The topological polar surface area (TPSA) is 72.3 Å². The summed E-state index contributed by atoms with van der Waals surface area (Å²) in [7, 11) is 0. The minimum atomic E-state index is 0.0484. The molecule has 2 atom stereocenters. The number of amides is 2. The first-order valence-corrected chi connectivity index (χ1v) is 9.85. The Morgan fingerprint density at radius 3 is 3.00 bits per heavy atom. The normalized spacial score (nSPS) is 24.3. The van der Waals surface area contributed by atoms with Crippen molar-refractivity contribution in [1.82, 2.24) is 25.2 Å². The number of hydrogen-bond donors (Lipinski definition) is 1. The van der Waals surface area contributed by atoms with Gasteiger partial charge in [0, 0.05) is 31.8 Å². The zero-order valence-electron chi connectivity index (χ0n) is 16.1. The van der Waals surface area contributed by atoms with Crippen LogP contribution in [0.3, 0.4) is 0 Å². The summed E-state index contributed by atoms with van der Waals surface area (Å²) in [4.78, 5) is 14.6. The van der Waals surface area contributed by atoms with E-state index in [1.54, 1.807) is 0 Å². The predicted octanol–water partition coefficient (Wildman–Crippen LogP) is 3.01. The van der Waals surface area contributed by atoms with Gasteiger partial charge in [-0.05, 0) is 51.5 Å². The molecule has 0 radical (unpaired) electrons. The van der Waals surface area contributed by atoms with Gasteiger partial charge in [0.05, 0.1) is 12.3 Å². The van der Waals surface area contributed by atoms with Crippen LogP contribution >= 0.6 is 0 Å². The molecule has 1 aromatic heterocycles. The second-order valence-corrected chi connectivity index (χ2v) is 7.50. The fraction of sp³-hybridized carbons (Fsp3) is 0.737. The van der Waals surface area contributed by atoms with Crippen LogP contribution in [0.25, 0.3) is 5.57 Å². The van der Waals surface area contributed by atoms with Gasteiger partial charge in [0.15, 0.2) is 0 Å². The summed E-state index contributed by atoms with van der Waals surface area (Å²) < 4.78 is 7.57. The highest BCUT2D eigenvalue weighted by Gasteiger charge is 2.25. The zero-order valence-corrected chi connectivity index (χ0v) is 16.1. The van der Waals surface area contributed by atoms with Gasteiger partial charge >= 0.3 is 6.03 Å². The quantitative estimate of drug-likeness (QED) is 0.895. The van der Waals surface area contributed by atoms with Crippen LogP contribution in [0.5, 0.6) is 0 Å². The number of aromatic nitrogens is 3. The van der Waals surface area contributed by atoms with Crippen LogP contribution in [0.4, 0.5) is 4.79 Å². The lowest BCUT2D eigenvalue weighted by Crippen LogP contribution is -2.48. The number of rotatable bonds is 4. The lowest BCUT2D eigenvalue weighted by atomic mass is 10.0. The third-order valence-corrected chi connectivity index (χ3v) is 5.25. The molecule has 1 N–H and O–H groups in total. The Bertz CT molecular complexity index is 640. The summed E-state index contributed by atoms with van der Waals surface area (Å²) in [6.07, 6.45) is 8.95. The molecule has 1 saturated heterocycles. The molecule has 7 heteroatoms. The molecule has 3 heterocycles. The molecule has 0 spiro atoms. The molecule has 2 amide bonds. The van der Waals surface area contributed by atoms with Gasteiger partial charge in [-0.2, -0.15) is 0 Å². The SMILES string of the molecule is CCC1CC(NC(=O)N2CCC=C(c3cn(C(C)C)nn3)CC2)CCO1. The number of ether oxygens (including phenoxy) is 1. The third-order valence-electron chi connectivity index (χ3n) is 5.25. The Kier molecular flexibility index (Phi) is 6.29. The van der Waals surface area contributed by atoms with E-state index in [2.05, 4.69) is 42.5 Å². The molecule has 3 rings (SSSR count). The molecule has 144 valence electrons. The summed E-state index contributed by atoms with van der Waals surface area (Å²) in [6, 6.07) is 0.575. The van der Waals surface area contributed by atoms with Crippen LogP contribution in [-0.2, 0) is 4.74 Å². The van der Waals surface area contributed by atoms with Crippen LogP contribution in [0.2, 0.25) is 0 Å². The summed E-state index contributed by atoms with van der Waals surface area (Å²) in [5, 5.41) is 11.7. The van der Waals surface area contributed by atoms with Crippen molar-refractivity contribution in [2.24, 2.45) is 0 Å².